The Kier molecular flexibility index (Phi) is 4.76. The van der Waals surface area contributed by atoms with E-state index in [0.717, 1.165) is 12.8 Å². The number of hydrogen-bond acceptors (Lipinski definition) is 3. The molecule has 0 radical (unpaired) electrons. The van der Waals surface area contributed by atoms with E-state index in [9.17, 15) is 0 Å². The summed E-state index contributed by atoms with van der Waals surface area (Å²) in [5.74, 6) is 0. The molecule has 2 heterocycles. The first-order valence-electron chi connectivity index (χ1n) is 8.09. The molecule has 2 aromatic heterocycles. The van der Waals surface area contributed by atoms with Crippen molar-refractivity contribution in [3.63, 3.8) is 0 Å². The number of hydrogen-bond donors (Lipinski definition) is 1. The van der Waals surface area contributed by atoms with E-state index in [1.807, 2.05) is 11.3 Å². The lowest BCUT2D eigenvalue weighted by molar-refractivity contribution is 0.459. The van der Waals surface area contributed by atoms with Crippen LogP contribution in [0.25, 0.3) is 0 Å². The van der Waals surface area contributed by atoms with Crippen LogP contribution in [0.3, 0.4) is 0 Å². The Hall–Kier alpha value is -1.13. The van der Waals surface area contributed by atoms with Crippen LogP contribution in [-0.2, 0) is 12.8 Å². The molecule has 3 nitrogen and oxygen atoms in total. The quantitative estimate of drug-likeness (QED) is 0.869. The van der Waals surface area contributed by atoms with Crippen LogP contribution < -0.4 is 5.32 Å². The van der Waals surface area contributed by atoms with Crippen molar-refractivity contribution in [2.45, 2.75) is 57.5 Å². The molecule has 1 unspecified atom stereocenters. The van der Waals surface area contributed by atoms with Gasteiger partial charge in [0, 0.05) is 23.5 Å². The lowest BCUT2D eigenvalue weighted by Crippen LogP contribution is -2.19. The Morgan fingerprint density at radius 1 is 1.38 bits per heavy atom. The summed E-state index contributed by atoms with van der Waals surface area (Å²) < 4.78 is 2.20. The Morgan fingerprint density at radius 2 is 2.19 bits per heavy atom. The second kappa shape index (κ2) is 6.75. The van der Waals surface area contributed by atoms with Crippen molar-refractivity contribution < 1.29 is 0 Å². The molecule has 0 aromatic carbocycles. The van der Waals surface area contributed by atoms with Gasteiger partial charge in [-0.15, -0.1) is 11.3 Å². The zero-order valence-electron chi connectivity index (χ0n) is 13.0. The number of thiophene rings is 1. The smallest absolute Gasteiger partial charge is 0.0644 e. The molecule has 1 fully saturated rings. The molecule has 0 bridgehead atoms. The predicted octanol–water partition coefficient (Wildman–Crippen LogP) is 4.13. The van der Waals surface area contributed by atoms with Gasteiger partial charge < -0.3 is 5.32 Å². The van der Waals surface area contributed by atoms with E-state index in [1.54, 1.807) is 0 Å². The molecule has 2 aromatic rings. The number of aryl methyl sites for hydroxylation is 1. The molecule has 0 aliphatic heterocycles. The fourth-order valence-electron chi connectivity index (χ4n) is 3.34. The topological polar surface area (TPSA) is 29.9 Å². The van der Waals surface area contributed by atoms with Gasteiger partial charge in [0.25, 0.3) is 0 Å². The lowest BCUT2D eigenvalue weighted by Gasteiger charge is -2.15. The SMILES string of the molecule is CCc1ccsc1C(Cc1ccn(C2CCCC2)n1)NC. The Bertz CT molecular complexity index is 566. The number of nitrogens with zero attached hydrogens (tertiary/aromatic N) is 2. The molecule has 1 aliphatic rings. The Morgan fingerprint density at radius 3 is 2.90 bits per heavy atom. The van der Waals surface area contributed by atoms with Crippen LogP contribution in [0.15, 0.2) is 23.7 Å². The molecule has 1 N–H and O–H groups in total. The molecule has 4 heteroatoms. The van der Waals surface area contributed by atoms with Gasteiger partial charge in [0.1, 0.15) is 0 Å². The monoisotopic (exact) mass is 303 g/mol. The summed E-state index contributed by atoms with van der Waals surface area (Å²) in [4.78, 5) is 1.47. The maximum absolute atomic E-state index is 4.83. The largest absolute Gasteiger partial charge is 0.312 e. The highest BCUT2D eigenvalue weighted by Crippen LogP contribution is 2.30. The second-order valence-corrected chi connectivity index (χ2v) is 6.88. The van der Waals surface area contributed by atoms with Crippen molar-refractivity contribution in [2.24, 2.45) is 0 Å². The fraction of sp³-hybridized carbons (Fsp3) is 0.588. The van der Waals surface area contributed by atoms with Gasteiger partial charge in [-0.1, -0.05) is 19.8 Å². The van der Waals surface area contributed by atoms with Gasteiger partial charge in [0.05, 0.1) is 11.7 Å². The van der Waals surface area contributed by atoms with Crippen LogP contribution in [0.4, 0.5) is 0 Å². The van der Waals surface area contributed by atoms with Crippen molar-refractivity contribution >= 4 is 11.3 Å². The van der Waals surface area contributed by atoms with Crippen LogP contribution in [0.1, 0.15) is 60.8 Å². The van der Waals surface area contributed by atoms with Crippen molar-refractivity contribution in [3.05, 3.63) is 39.8 Å². The number of nitrogens with one attached hydrogen (secondary N) is 1. The van der Waals surface area contributed by atoms with E-state index in [1.165, 1.54) is 41.8 Å². The van der Waals surface area contributed by atoms with Crippen LogP contribution in [-0.4, -0.2) is 16.8 Å². The Labute approximate surface area is 131 Å². The minimum atomic E-state index is 0.381. The summed E-state index contributed by atoms with van der Waals surface area (Å²) in [5, 5.41) is 10.5. The summed E-state index contributed by atoms with van der Waals surface area (Å²) in [5.41, 5.74) is 2.67. The molecule has 0 amide bonds. The van der Waals surface area contributed by atoms with Crippen molar-refractivity contribution in [1.82, 2.24) is 15.1 Å². The number of aromatic nitrogens is 2. The van der Waals surface area contributed by atoms with Gasteiger partial charge >= 0.3 is 0 Å². The van der Waals surface area contributed by atoms with Gasteiger partial charge in [-0.05, 0) is 49.4 Å². The molecule has 114 valence electrons. The maximum atomic E-state index is 4.83. The van der Waals surface area contributed by atoms with E-state index in [4.69, 9.17) is 5.10 Å². The summed E-state index contributed by atoms with van der Waals surface area (Å²) in [6, 6.07) is 5.47. The highest BCUT2D eigenvalue weighted by atomic mass is 32.1. The van der Waals surface area contributed by atoms with Crippen molar-refractivity contribution in [1.29, 1.82) is 0 Å². The molecule has 3 rings (SSSR count). The number of likely N-dealkylation sites (N-methyl/N-ethyl adjacent to an activating group) is 1. The normalized spacial score (nSPS) is 17.4. The standard InChI is InChI=1S/C17H25N3S/c1-3-13-9-11-21-17(13)16(18-2)12-14-8-10-20(19-14)15-6-4-5-7-15/h8-11,15-16,18H,3-7,12H2,1-2H3. The van der Waals surface area contributed by atoms with E-state index in [2.05, 4.69) is 47.7 Å². The van der Waals surface area contributed by atoms with Crippen molar-refractivity contribution in [3.8, 4) is 0 Å². The zero-order valence-corrected chi connectivity index (χ0v) is 13.8. The van der Waals surface area contributed by atoms with Gasteiger partial charge in [-0.2, -0.15) is 5.10 Å². The molecule has 0 saturated heterocycles. The molecule has 1 atom stereocenters. The molecular formula is C17H25N3S. The lowest BCUT2D eigenvalue weighted by atomic mass is 10.1. The minimum absolute atomic E-state index is 0.381. The highest BCUT2D eigenvalue weighted by Gasteiger charge is 2.20. The third kappa shape index (κ3) is 3.22. The number of rotatable bonds is 6. The highest BCUT2D eigenvalue weighted by molar-refractivity contribution is 7.10. The molecule has 0 spiro atoms. The van der Waals surface area contributed by atoms with Crippen LogP contribution in [0, 0.1) is 0 Å². The summed E-state index contributed by atoms with van der Waals surface area (Å²) in [6.07, 6.45) is 9.55. The average Bonchev–Trinajstić information content (AvgIpc) is 3.23. The second-order valence-electron chi connectivity index (χ2n) is 5.93. The van der Waals surface area contributed by atoms with Gasteiger partial charge in [0.15, 0.2) is 0 Å². The molecular weight excluding hydrogens is 278 g/mol. The first-order valence-corrected chi connectivity index (χ1v) is 8.97. The molecule has 1 aliphatic carbocycles. The van der Waals surface area contributed by atoms with Gasteiger partial charge in [-0.25, -0.2) is 0 Å². The zero-order chi connectivity index (χ0) is 14.7. The minimum Gasteiger partial charge on any atom is -0.312 e. The third-order valence-corrected chi connectivity index (χ3v) is 5.68. The molecule has 21 heavy (non-hydrogen) atoms. The molecule has 1 saturated carbocycles. The summed E-state index contributed by atoms with van der Waals surface area (Å²) >= 11 is 1.86. The van der Waals surface area contributed by atoms with E-state index in [0.29, 0.717) is 12.1 Å². The summed E-state index contributed by atoms with van der Waals surface area (Å²) in [7, 11) is 2.05. The van der Waals surface area contributed by atoms with Crippen LogP contribution in [0.5, 0.6) is 0 Å². The average molecular weight is 303 g/mol. The Balaban J connectivity index is 1.72. The maximum Gasteiger partial charge on any atom is 0.0644 e. The first kappa shape index (κ1) is 14.8. The first-order chi connectivity index (χ1) is 10.3. The fourth-order valence-corrected chi connectivity index (χ4v) is 4.45. The summed E-state index contributed by atoms with van der Waals surface area (Å²) in [6.45, 7) is 2.23. The van der Waals surface area contributed by atoms with Crippen molar-refractivity contribution in [2.75, 3.05) is 7.05 Å². The van der Waals surface area contributed by atoms with E-state index >= 15 is 0 Å². The van der Waals surface area contributed by atoms with Gasteiger partial charge in [-0.3, -0.25) is 4.68 Å². The van der Waals surface area contributed by atoms with E-state index in [-0.39, 0.29) is 0 Å². The van der Waals surface area contributed by atoms with Gasteiger partial charge in [0.2, 0.25) is 0 Å². The van der Waals surface area contributed by atoms with Crippen LogP contribution in [0.2, 0.25) is 0 Å². The third-order valence-electron chi connectivity index (χ3n) is 4.60. The van der Waals surface area contributed by atoms with Crippen LogP contribution >= 0.6 is 11.3 Å². The predicted molar refractivity (Wildman–Crippen MR) is 88.9 cm³/mol. The van der Waals surface area contributed by atoms with E-state index < -0.39 is 0 Å².